The second-order valence-corrected chi connectivity index (χ2v) is 12.8. The van der Waals surface area contributed by atoms with E-state index in [0.29, 0.717) is 37.2 Å². The van der Waals surface area contributed by atoms with Gasteiger partial charge in [0.15, 0.2) is 0 Å². The molecule has 0 bridgehead atoms. The number of hydrogen-bond acceptors (Lipinski definition) is 6. The van der Waals surface area contributed by atoms with E-state index in [1.54, 1.807) is 14.7 Å². The van der Waals surface area contributed by atoms with E-state index in [4.69, 9.17) is 4.74 Å². The number of rotatable bonds is 8. The molecule has 4 aliphatic rings. The highest BCUT2D eigenvalue weighted by molar-refractivity contribution is 5.87. The number of carbonyl (C=O) groups is 3. The number of carboxylic acid groups (broad SMARTS) is 1. The number of methoxy groups -OCH3 is 1. The molecular weight excluding hydrogens is 584 g/mol. The Bertz CT molecular complexity index is 1220. The molecule has 13 heteroatoms. The van der Waals surface area contributed by atoms with Crippen molar-refractivity contribution < 1.29 is 41.8 Å². The zero-order valence-corrected chi connectivity index (χ0v) is 25.2. The number of alkyl halides is 4. The van der Waals surface area contributed by atoms with Crippen molar-refractivity contribution in [1.82, 2.24) is 14.7 Å². The van der Waals surface area contributed by atoms with Crippen LogP contribution in [0.3, 0.4) is 0 Å². The molecule has 2 amide bonds. The van der Waals surface area contributed by atoms with Gasteiger partial charge in [-0.15, -0.1) is 0 Å². The lowest BCUT2D eigenvalue weighted by molar-refractivity contribution is -0.143. The number of halogens is 4. The van der Waals surface area contributed by atoms with Gasteiger partial charge in [0.25, 0.3) is 5.91 Å². The molecular formula is C31H42F4N4O5. The van der Waals surface area contributed by atoms with Crippen molar-refractivity contribution >= 4 is 23.5 Å². The summed E-state index contributed by atoms with van der Waals surface area (Å²) in [4.78, 5) is 44.7. The fourth-order valence-corrected chi connectivity index (χ4v) is 7.32. The average Bonchev–Trinajstić information content (AvgIpc) is 3.60. The van der Waals surface area contributed by atoms with Gasteiger partial charge in [0.2, 0.25) is 11.6 Å². The van der Waals surface area contributed by atoms with Crippen LogP contribution in [-0.2, 0) is 25.3 Å². The molecule has 0 aromatic heterocycles. The van der Waals surface area contributed by atoms with Crippen LogP contribution in [-0.4, -0.2) is 116 Å². The largest absolute Gasteiger partial charge is 0.481 e. The lowest BCUT2D eigenvalue weighted by Crippen LogP contribution is -2.48. The molecule has 244 valence electrons. The summed E-state index contributed by atoms with van der Waals surface area (Å²) in [7, 11) is 1.51. The van der Waals surface area contributed by atoms with Gasteiger partial charge in [-0.25, -0.2) is 4.39 Å². The molecule has 1 aromatic rings. The monoisotopic (exact) mass is 626 g/mol. The molecule has 9 nitrogen and oxygen atoms in total. The van der Waals surface area contributed by atoms with Crippen LogP contribution in [0.2, 0.25) is 0 Å². The SMILES string of the molecule is COC[C@H]1CN(C(=O)[C@@]2(F)CCN(CC(=O)N3CCCCC3)C2)C[C@@H]1c1ccc(C(F)(F)F)cc1N1CCC(C(=O)O)CC1. The number of hydrogen-bond donors (Lipinski definition) is 1. The van der Waals surface area contributed by atoms with Gasteiger partial charge in [0, 0.05) is 83.4 Å². The van der Waals surface area contributed by atoms with Crippen molar-refractivity contribution in [1.29, 1.82) is 0 Å². The Kier molecular flexibility index (Phi) is 9.74. The molecule has 0 aliphatic carbocycles. The van der Waals surface area contributed by atoms with Crippen LogP contribution in [0.1, 0.15) is 55.6 Å². The summed E-state index contributed by atoms with van der Waals surface area (Å²) >= 11 is 0. The number of ether oxygens (including phenoxy) is 1. The number of piperidine rings is 2. The molecule has 44 heavy (non-hydrogen) atoms. The molecule has 0 unspecified atom stereocenters. The van der Waals surface area contributed by atoms with E-state index >= 15 is 4.39 Å². The Morgan fingerprint density at radius 1 is 1.00 bits per heavy atom. The Balaban J connectivity index is 1.33. The number of carbonyl (C=O) groups excluding carboxylic acids is 2. The van der Waals surface area contributed by atoms with E-state index in [1.165, 1.54) is 18.1 Å². The first-order valence-corrected chi connectivity index (χ1v) is 15.6. The maximum Gasteiger partial charge on any atom is 0.416 e. The minimum absolute atomic E-state index is 0.0285. The van der Waals surface area contributed by atoms with Crippen LogP contribution in [0.25, 0.3) is 0 Å². The lowest BCUT2D eigenvalue weighted by Gasteiger charge is -2.35. The second-order valence-electron chi connectivity index (χ2n) is 12.8. The Labute approximate surface area is 255 Å². The van der Waals surface area contributed by atoms with Crippen LogP contribution in [0.15, 0.2) is 18.2 Å². The molecule has 4 heterocycles. The predicted molar refractivity (Wildman–Crippen MR) is 154 cm³/mol. The van der Waals surface area contributed by atoms with Crippen LogP contribution >= 0.6 is 0 Å². The van der Waals surface area contributed by atoms with Crippen molar-refractivity contribution in [3.05, 3.63) is 29.3 Å². The third-order valence-electron chi connectivity index (χ3n) is 9.80. The van der Waals surface area contributed by atoms with Crippen molar-refractivity contribution in [2.24, 2.45) is 11.8 Å². The van der Waals surface area contributed by atoms with Crippen LogP contribution in [0, 0.1) is 11.8 Å². The van der Waals surface area contributed by atoms with Gasteiger partial charge < -0.3 is 24.5 Å². The van der Waals surface area contributed by atoms with Crippen molar-refractivity contribution in [3.8, 4) is 0 Å². The molecule has 0 saturated carbocycles. The van der Waals surface area contributed by atoms with Crippen molar-refractivity contribution in [2.75, 3.05) is 77.5 Å². The summed E-state index contributed by atoms with van der Waals surface area (Å²) in [5, 5.41) is 9.41. The lowest BCUT2D eigenvalue weighted by atomic mass is 9.86. The molecule has 4 fully saturated rings. The summed E-state index contributed by atoms with van der Waals surface area (Å²) in [6.07, 6.45) is -0.978. The minimum Gasteiger partial charge on any atom is -0.481 e. The highest BCUT2D eigenvalue weighted by Gasteiger charge is 2.50. The number of nitrogens with zero attached hydrogens (tertiary/aromatic N) is 4. The molecule has 4 saturated heterocycles. The van der Waals surface area contributed by atoms with Crippen LogP contribution in [0.4, 0.5) is 23.2 Å². The Morgan fingerprint density at radius 3 is 2.34 bits per heavy atom. The second kappa shape index (κ2) is 13.2. The molecule has 3 atom stereocenters. The number of likely N-dealkylation sites (tertiary alicyclic amines) is 3. The van der Waals surface area contributed by atoms with Crippen LogP contribution in [0.5, 0.6) is 0 Å². The summed E-state index contributed by atoms with van der Waals surface area (Å²) in [5.74, 6) is -2.87. The van der Waals surface area contributed by atoms with Crippen molar-refractivity contribution in [3.63, 3.8) is 0 Å². The summed E-state index contributed by atoms with van der Waals surface area (Å²) in [6, 6.07) is 3.58. The molecule has 1 aromatic carbocycles. The number of carboxylic acids is 1. The van der Waals surface area contributed by atoms with Crippen LogP contribution < -0.4 is 4.90 Å². The zero-order valence-electron chi connectivity index (χ0n) is 25.2. The Hall–Kier alpha value is -2.93. The molecule has 0 radical (unpaired) electrons. The first kappa shape index (κ1) is 32.5. The van der Waals surface area contributed by atoms with Gasteiger partial charge in [0.1, 0.15) is 0 Å². The van der Waals surface area contributed by atoms with E-state index in [0.717, 1.165) is 31.4 Å². The highest BCUT2D eigenvalue weighted by Crippen LogP contribution is 2.43. The summed E-state index contributed by atoms with van der Waals surface area (Å²) in [6.45, 7) is 2.70. The maximum absolute atomic E-state index is 16.2. The minimum atomic E-state index is -4.57. The third-order valence-corrected chi connectivity index (χ3v) is 9.80. The van der Waals surface area contributed by atoms with Gasteiger partial charge in [-0.1, -0.05) is 6.07 Å². The molecule has 5 rings (SSSR count). The fourth-order valence-electron chi connectivity index (χ4n) is 7.32. The van der Waals surface area contributed by atoms with Gasteiger partial charge in [0.05, 0.1) is 24.6 Å². The zero-order chi connectivity index (χ0) is 31.6. The van der Waals surface area contributed by atoms with E-state index in [9.17, 15) is 32.7 Å². The number of aliphatic carboxylic acids is 1. The normalized spacial score (nSPS) is 27.2. The quantitative estimate of drug-likeness (QED) is 0.441. The number of benzene rings is 1. The first-order chi connectivity index (χ1) is 20.9. The predicted octanol–water partition coefficient (Wildman–Crippen LogP) is 3.62. The number of amides is 2. The van der Waals surface area contributed by atoms with E-state index in [-0.39, 0.29) is 70.7 Å². The topological polar surface area (TPSA) is 93.6 Å². The van der Waals surface area contributed by atoms with E-state index in [2.05, 4.69) is 0 Å². The maximum atomic E-state index is 16.2. The number of anilines is 1. The fraction of sp³-hybridized carbons (Fsp3) is 0.710. The summed E-state index contributed by atoms with van der Waals surface area (Å²) < 4.78 is 63.0. The van der Waals surface area contributed by atoms with Gasteiger partial charge in [-0.05, 0) is 49.8 Å². The van der Waals surface area contributed by atoms with Crippen molar-refractivity contribution in [2.45, 2.75) is 56.3 Å². The molecule has 0 spiro atoms. The Morgan fingerprint density at radius 2 is 1.70 bits per heavy atom. The van der Waals surface area contributed by atoms with E-state index < -0.39 is 41.1 Å². The van der Waals surface area contributed by atoms with E-state index in [1.807, 2.05) is 0 Å². The third kappa shape index (κ3) is 6.98. The smallest absolute Gasteiger partial charge is 0.416 e. The van der Waals surface area contributed by atoms with Gasteiger partial charge >= 0.3 is 12.1 Å². The average molecular weight is 627 g/mol. The highest BCUT2D eigenvalue weighted by atomic mass is 19.4. The van der Waals surface area contributed by atoms with Gasteiger partial charge in [-0.3, -0.25) is 19.3 Å². The molecule has 1 N–H and O–H groups in total. The van der Waals surface area contributed by atoms with Gasteiger partial charge in [-0.2, -0.15) is 13.2 Å². The first-order valence-electron chi connectivity index (χ1n) is 15.6. The summed E-state index contributed by atoms with van der Waals surface area (Å²) in [5.41, 5.74) is -1.99. The standard InChI is InChI=1S/C31H42F4N4O5/c1-44-19-22-16-39(29(43)30(32)9-14-36(20-30)18-27(40)38-10-3-2-4-11-38)17-25(22)24-6-5-23(31(33,34)35)15-26(24)37-12-7-21(8-13-37)28(41)42/h5-6,15,21-22,25H,2-4,7-14,16-20H2,1H3,(H,41,42)/t22-,25+,30-/m1/s1. The molecule has 4 aliphatic heterocycles.